The van der Waals surface area contributed by atoms with Gasteiger partial charge in [-0.15, -0.1) is 0 Å². The number of piperazine rings is 1. The molecule has 1 aromatic carbocycles. The topological polar surface area (TPSA) is 70.2 Å². The summed E-state index contributed by atoms with van der Waals surface area (Å²) in [6.07, 6.45) is 0. The molecule has 0 N–H and O–H groups in total. The highest BCUT2D eigenvalue weighted by Crippen LogP contribution is 2.28. The second-order valence-corrected chi connectivity index (χ2v) is 6.49. The van der Waals surface area contributed by atoms with E-state index < -0.39 is 5.97 Å². The fraction of sp³-hybridized carbons (Fsp3) is 0.500. The lowest BCUT2D eigenvalue weighted by molar-refractivity contribution is -0.132. The van der Waals surface area contributed by atoms with Crippen molar-refractivity contribution in [3.8, 4) is 0 Å². The molecule has 1 saturated heterocycles. The molecule has 0 aromatic heterocycles. The van der Waals surface area contributed by atoms with Crippen molar-refractivity contribution < 1.29 is 19.1 Å². The number of anilines is 1. The Hall–Kier alpha value is -2.12. The fourth-order valence-electron chi connectivity index (χ4n) is 2.88. The summed E-state index contributed by atoms with van der Waals surface area (Å²) >= 11 is 6.21. The van der Waals surface area contributed by atoms with Crippen molar-refractivity contribution in [2.75, 3.05) is 51.3 Å². The van der Waals surface area contributed by atoms with Gasteiger partial charge in [0.2, 0.25) is 11.8 Å². The zero-order valence-electron chi connectivity index (χ0n) is 15.3. The average molecular weight is 382 g/mol. The first-order chi connectivity index (χ1) is 12.4. The summed E-state index contributed by atoms with van der Waals surface area (Å²) in [7, 11) is 1.28. The Labute approximate surface area is 158 Å². The summed E-state index contributed by atoms with van der Waals surface area (Å²) in [5.41, 5.74) is 0.588. The van der Waals surface area contributed by atoms with Gasteiger partial charge in [-0.3, -0.25) is 9.59 Å². The number of halogens is 1. The van der Waals surface area contributed by atoms with Gasteiger partial charge in [0.1, 0.15) is 6.54 Å². The predicted octanol–water partition coefficient (Wildman–Crippen LogP) is 1.64. The molecule has 1 aromatic rings. The normalized spacial score (nSPS) is 14.8. The Morgan fingerprint density at radius 2 is 1.85 bits per heavy atom. The van der Waals surface area contributed by atoms with E-state index in [0.29, 0.717) is 18.8 Å². The summed E-state index contributed by atoms with van der Waals surface area (Å²) in [5, 5.41) is 0.288. The van der Waals surface area contributed by atoms with Crippen molar-refractivity contribution >= 4 is 35.1 Å². The minimum absolute atomic E-state index is 0.119. The van der Waals surface area contributed by atoms with Crippen molar-refractivity contribution in [2.24, 2.45) is 0 Å². The summed E-state index contributed by atoms with van der Waals surface area (Å²) in [6.45, 7) is 7.20. The molecular weight excluding hydrogens is 358 g/mol. The van der Waals surface area contributed by atoms with Gasteiger partial charge in [0.15, 0.2) is 0 Å². The van der Waals surface area contributed by atoms with Crippen LogP contribution in [0.5, 0.6) is 0 Å². The SMILES string of the molecule is CCN1CCN(C(=O)CN(C(C)=O)c2cc(C(=O)OC)ccc2Cl)CC1. The maximum absolute atomic E-state index is 12.6. The van der Waals surface area contributed by atoms with E-state index >= 15 is 0 Å². The maximum atomic E-state index is 12.6. The number of rotatable bonds is 5. The lowest BCUT2D eigenvalue weighted by Gasteiger charge is -2.35. The number of amides is 2. The van der Waals surface area contributed by atoms with Crippen molar-refractivity contribution in [2.45, 2.75) is 13.8 Å². The Kier molecular flexibility index (Phi) is 6.99. The second kappa shape index (κ2) is 9.00. The molecule has 142 valence electrons. The fourth-order valence-corrected chi connectivity index (χ4v) is 3.10. The largest absolute Gasteiger partial charge is 0.465 e. The van der Waals surface area contributed by atoms with Crippen LogP contribution >= 0.6 is 11.6 Å². The van der Waals surface area contributed by atoms with Crippen LogP contribution in [0.1, 0.15) is 24.2 Å². The molecule has 2 rings (SSSR count). The van der Waals surface area contributed by atoms with Gasteiger partial charge in [-0.25, -0.2) is 4.79 Å². The van der Waals surface area contributed by atoms with Crippen molar-refractivity contribution in [1.82, 2.24) is 9.80 Å². The van der Waals surface area contributed by atoms with Crippen LogP contribution in [0.4, 0.5) is 5.69 Å². The van der Waals surface area contributed by atoms with Crippen molar-refractivity contribution in [1.29, 1.82) is 0 Å². The molecule has 7 nitrogen and oxygen atoms in total. The van der Waals surface area contributed by atoms with Crippen LogP contribution in [-0.2, 0) is 14.3 Å². The van der Waals surface area contributed by atoms with Crippen molar-refractivity contribution in [3.05, 3.63) is 28.8 Å². The smallest absolute Gasteiger partial charge is 0.337 e. The van der Waals surface area contributed by atoms with Crippen LogP contribution in [0.25, 0.3) is 0 Å². The van der Waals surface area contributed by atoms with E-state index in [4.69, 9.17) is 16.3 Å². The summed E-state index contributed by atoms with van der Waals surface area (Å²) in [4.78, 5) is 41.8. The third-order valence-corrected chi connectivity index (χ3v) is 4.82. The molecule has 0 spiro atoms. The van der Waals surface area contributed by atoms with E-state index in [-0.39, 0.29) is 28.9 Å². The summed E-state index contributed by atoms with van der Waals surface area (Å²) in [6, 6.07) is 4.50. The number of hydrogen-bond acceptors (Lipinski definition) is 5. The lowest BCUT2D eigenvalue weighted by Crippen LogP contribution is -2.51. The molecular formula is C18H24ClN3O4. The molecule has 1 heterocycles. The highest BCUT2D eigenvalue weighted by Gasteiger charge is 2.25. The van der Waals surface area contributed by atoms with Crippen molar-refractivity contribution in [3.63, 3.8) is 0 Å². The van der Waals surface area contributed by atoms with E-state index in [1.165, 1.54) is 37.1 Å². The molecule has 0 bridgehead atoms. The van der Waals surface area contributed by atoms with E-state index in [0.717, 1.165) is 19.6 Å². The minimum Gasteiger partial charge on any atom is -0.465 e. The third-order valence-electron chi connectivity index (χ3n) is 4.50. The molecule has 0 unspecified atom stereocenters. The molecule has 26 heavy (non-hydrogen) atoms. The Balaban J connectivity index is 2.18. The Morgan fingerprint density at radius 3 is 2.38 bits per heavy atom. The number of ether oxygens (including phenoxy) is 1. The van der Waals surface area contributed by atoms with Gasteiger partial charge in [-0.05, 0) is 24.7 Å². The molecule has 0 aliphatic carbocycles. The van der Waals surface area contributed by atoms with Gasteiger partial charge in [-0.2, -0.15) is 0 Å². The molecule has 0 atom stereocenters. The predicted molar refractivity (Wildman–Crippen MR) is 99.5 cm³/mol. The maximum Gasteiger partial charge on any atom is 0.337 e. The highest BCUT2D eigenvalue weighted by atomic mass is 35.5. The molecule has 2 amide bonds. The van der Waals surface area contributed by atoms with E-state index in [9.17, 15) is 14.4 Å². The standard InChI is InChI=1S/C18H24ClN3O4/c1-4-20-7-9-21(10-8-20)17(24)12-22(13(2)23)16-11-14(18(25)26-3)5-6-15(16)19/h5-6,11H,4,7-10,12H2,1-3H3. The molecule has 1 aliphatic heterocycles. The van der Waals surface area contributed by atoms with E-state index in [1.54, 1.807) is 4.90 Å². The number of esters is 1. The molecule has 0 radical (unpaired) electrons. The summed E-state index contributed by atoms with van der Waals surface area (Å²) in [5.74, 6) is -1.00. The van der Waals surface area contributed by atoms with E-state index in [2.05, 4.69) is 11.8 Å². The zero-order valence-corrected chi connectivity index (χ0v) is 16.1. The van der Waals surface area contributed by atoms with Gasteiger partial charge < -0.3 is 19.4 Å². The Bertz CT molecular complexity index is 687. The summed E-state index contributed by atoms with van der Waals surface area (Å²) < 4.78 is 4.70. The van der Waals surface area contributed by atoms with Crippen LogP contribution < -0.4 is 4.90 Å². The molecule has 0 saturated carbocycles. The zero-order chi connectivity index (χ0) is 19.3. The number of likely N-dealkylation sites (N-methyl/N-ethyl adjacent to an activating group) is 1. The minimum atomic E-state index is -0.534. The Morgan fingerprint density at radius 1 is 1.19 bits per heavy atom. The van der Waals surface area contributed by atoms with Gasteiger partial charge >= 0.3 is 5.97 Å². The lowest BCUT2D eigenvalue weighted by atomic mass is 10.1. The molecule has 1 fully saturated rings. The first-order valence-corrected chi connectivity index (χ1v) is 8.91. The number of carbonyl (C=O) groups excluding carboxylic acids is 3. The quantitative estimate of drug-likeness (QED) is 0.725. The number of hydrogen-bond donors (Lipinski definition) is 0. The number of carbonyl (C=O) groups is 3. The van der Waals surface area contributed by atoms with E-state index in [1.807, 2.05) is 0 Å². The average Bonchev–Trinajstić information content (AvgIpc) is 2.65. The number of methoxy groups -OCH3 is 1. The van der Waals surface area contributed by atoms with Gasteiger partial charge in [-0.1, -0.05) is 18.5 Å². The number of benzene rings is 1. The van der Waals surface area contributed by atoms with Crippen LogP contribution in [0.3, 0.4) is 0 Å². The van der Waals surface area contributed by atoms with Crippen LogP contribution in [0, 0.1) is 0 Å². The van der Waals surface area contributed by atoms with Crippen LogP contribution in [0.15, 0.2) is 18.2 Å². The van der Waals surface area contributed by atoms with Crippen LogP contribution in [0.2, 0.25) is 5.02 Å². The first kappa shape index (κ1) is 20.2. The highest BCUT2D eigenvalue weighted by molar-refractivity contribution is 6.34. The van der Waals surface area contributed by atoms with Gasteiger partial charge in [0, 0.05) is 33.1 Å². The third kappa shape index (κ3) is 4.74. The van der Waals surface area contributed by atoms with Gasteiger partial charge in [0.05, 0.1) is 23.4 Å². The monoisotopic (exact) mass is 381 g/mol. The van der Waals surface area contributed by atoms with Crippen LogP contribution in [-0.4, -0.2) is 74.0 Å². The second-order valence-electron chi connectivity index (χ2n) is 6.08. The van der Waals surface area contributed by atoms with Gasteiger partial charge in [0.25, 0.3) is 0 Å². The number of nitrogens with zero attached hydrogens (tertiary/aromatic N) is 3. The molecule has 1 aliphatic rings. The molecule has 8 heteroatoms. The first-order valence-electron chi connectivity index (χ1n) is 8.53.